The Hall–Kier alpha value is -0.580. The summed E-state index contributed by atoms with van der Waals surface area (Å²) in [6, 6.07) is 3.91. The molecular formula is C9H12O3S. The highest BCUT2D eigenvalue weighted by Crippen LogP contribution is 2.34. The van der Waals surface area contributed by atoms with Crippen LogP contribution in [0.15, 0.2) is 12.1 Å². The van der Waals surface area contributed by atoms with Crippen molar-refractivity contribution in [2.75, 3.05) is 20.3 Å². The number of hydrogen-bond donors (Lipinski definition) is 1. The van der Waals surface area contributed by atoms with Crippen LogP contribution in [0.25, 0.3) is 0 Å². The molecule has 0 saturated carbocycles. The quantitative estimate of drug-likeness (QED) is 0.780. The van der Waals surface area contributed by atoms with Gasteiger partial charge in [-0.15, -0.1) is 11.3 Å². The molecule has 1 aliphatic rings. The van der Waals surface area contributed by atoms with Gasteiger partial charge in [0.1, 0.15) is 0 Å². The maximum atomic E-state index is 9.57. The van der Waals surface area contributed by atoms with Crippen molar-refractivity contribution in [2.24, 2.45) is 0 Å². The number of rotatable bonds is 2. The number of aliphatic hydroxyl groups excluding tert-OH is 1. The predicted octanol–water partition coefficient (Wildman–Crippen LogP) is 1.23. The first-order valence-electron chi connectivity index (χ1n) is 4.21. The van der Waals surface area contributed by atoms with E-state index in [0.29, 0.717) is 13.2 Å². The van der Waals surface area contributed by atoms with Gasteiger partial charge < -0.3 is 14.6 Å². The van der Waals surface area contributed by atoms with Gasteiger partial charge in [0.05, 0.1) is 26.4 Å². The fourth-order valence-electron chi connectivity index (χ4n) is 1.46. The van der Waals surface area contributed by atoms with E-state index >= 15 is 0 Å². The normalized spacial score (nSPS) is 27.8. The fourth-order valence-corrected chi connectivity index (χ4v) is 2.42. The maximum Gasteiger partial charge on any atom is 0.173 e. The summed E-state index contributed by atoms with van der Waals surface area (Å²) in [4.78, 5) is 1.14. The van der Waals surface area contributed by atoms with Gasteiger partial charge in [-0.1, -0.05) is 0 Å². The summed E-state index contributed by atoms with van der Waals surface area (Å²) in [5.74, 6) is 0.133. The number of aliphatic hydroxyl groups is 1. The van der Waals surface area contributed by atoms with Crippen molar-refractivity contribution in [3.63, 3.8) is 0 Å². The minimum Gasteiger partial charge on any atom is -0.487 e. The van der Waals surface area contributed by atoms with Crippen molar-refractivity contribution in [1.29, 1.82) is 0 Å². The molecule has 2 heterocycles. The summed E-state index contributed by atoms with van der Waals surface area (Å²) in [6.45, 7) is 1.07. The highest BCUT2D eigenvalue weighted by atomic mass is 32.1. The molecule has 72 valence electrons. The third-order valence-electron chi connectivity index (χ3n) is 2.22. The van der Waals surface area contributed by atoms with Crippen LogP contribution in [0.2, 0.25) is 0 Å². The Labute approximate surface area is 80.9 Å². The molecule has 13 heavy (non-hydrogen) atoms. The van der Waals surface area contributed by atoms with Crippen LogP contribution in [0.4, 0.5) is 0 Å². The van der Waals surface area contributed by atoms with Gasteiger partial charge in [-0.3, -0.25) is 0 Å². The Bertz CT molecular complexity index is 284. The molecule has 0 amide bonds. The van der Waals surface area contributed by atoms with E-state index in [2.05, 4.69) is 0 Å². The SMILES string of the molecule is COc1ccc([C@@H]2COC[C@H]2O)s1. The summed E-state index contributed by atoms with van der Waals surface area (Å²) in [5, 5.41) is 10.4. The average Bonchev–Trinajstić information content (AvgIpc) is 2.71. The molecule has 0 spiro atoms. The van der Waals surface area contributed by atoms with Crippen molar-refractivity contribution >= 4 is 11.3 Å². The Morgan fingerprint density at radius 2 is 2.38 bits per heavy atom. The Kier molecular flexibility index (Phi) is 2.53. The minimum absolute atomic E-state index is 0.133. The Morgan fingerprint density at radius 1 is 1.54 bits per heavy atom. The van der Waals surface area contributed by atoms with Gasteiger partial charge in [-0.25, -0.2) is 0 Å². The Balaban J connectivity index is 2.15. The molecule has 0 aromatic carbocycles. The molecule has 1 N–H and O–H groups in total. The van der Waals surface area contributed by atoms with Gasteiger partial charge in [0.25, 0.3) is 0 Å². The predicted molar refractivity (Wildman–Crippen MR) is 50.4 cm³/mol. The summed E-state index contributed by atoms with van der Waals surface area (Å²) in [5.41, 5.74) is 0. The second-order valence-electron chi connectivity index (χ2n) is 3.07. The lowest BCUT2D eigenvalue weighted by molar-refractivity contribution is 0.125. The summed E-state index contributed by atoms with van der Waals surface area (Å²) in [6.07, 6.45) is -0.358. The number of ether oxygens (including phenoxy) is 2. The van der Waals surface area contributed by atoms with Gasteiger partial charge in [0.2, 0.25) is 0 Å². The standard InChI is InChI=1S/C9H12O3S/c1-11-9-3-2-8(13-9)6-4-12-5-7(6)10/h2-3,6-7,10H,4-5H2,1H3/t6-,7-/m1/s1. The molecule has 0 unspecified atom stereocenters. The maximum absolute atomic E-state index is 9.57. The van der Waals surface area contributed by atoms with E-state index in [1.807, 2.05) is 12.1 Å². The zero-order valence-corrected chi connectivity index (χ0v) is 8.21. The molecule has 1 aromatic rings. The molecule has 1 saturated heterocycles. The first-order valence-corrected chi connectivity index (χ1v) is 5.02. The van der Waals surface area contributed by atoms with Crippen molar-refractivity contribution in [1.82, 2.24) is 0 Å². The first kappa shape index (κ1) is 8.99. The highest BCUT2D eigenvalue weighted by Gasteiger charge is 2.28. The van der Waals surface area contributed by atoms with Crippen LogP contribution in [-0.2, 0) is 4.74 Å². The monoisotopic (exact) mass is 200 g/mol. The van der Waals surface area contributed by atoms with E-state index in [9.17, 15) is 5.11 Å². The number of hydrogen-bond acceptors (Lipinski definition) is 4. The third-order valence-corrected chi connectivity index (χ3v) is 3.40. The molecule has 2 rings (SSSR count). The van der Waals surface area contributed by atoms with Crippen molar-refractivity contribution in [3.8, 4) is 5.06 Å². The largest absolute Gasteiger partial charge is 0.487 e. The molecule has 1 fully saturated rings. The van der Waals surface area contributed by atoms with Gasteiger partial charge in [-0.05, 0) is 12.1 Å². The van der Waals surface area contributed by atoms with Crippen LogP contribution in [0.1, 0.15) is 10.8 Å². The molecule has 1 aromatic heterocycles. The van der Waals surface area contributed by atoms with Gasteiger partial charge in [0.15, 0.2) is 5.06 Å². The van der Waals surface area contributed by atoms with E-state index in [4.69, 9.17) is 9.47 Å². The topological polar surface area (TPSA) is 38.7 Å². The third kappa shape index (κ3) is 1.70. The van der Waals surface area contributed by atoms with Gasteiger partial charge in [0, 0.05) is 10.8 Å². The van der Waals surface area contributed by atoms with Crippen LogP contribution in [-0.4, -0.2) is 31.5 Å². The lowest BCUT2D eigenvalue weighted by Crippen LogP contribution is -2.14. The fraction of sp³-hybridized carbons (Fsp3) is 0.556. The average molecular weight is 200 g/mol. The van der Waals surface area contributed by atoms with E-state index < -0.39 is 0 Å². The number of methoxy groups -OCH3 is 1. The van der Waals surface area contributed by atoms with Crippen LogP contribution >= 0.6 is 11.3 Å². The first-order chi connectivity index (χ1) is 6.31. The molecule has 4 heteroatoms. The van der Waals surface area contributed by atoms with Crippen molar-refractivity contribution in [2.45, 2.75) is 12.0 Å². The number of thiophene rings is 1. The zero-order valence-electron chi connectivity index (χ0n) is 7.40. The van der Waals surface area contributed by atoms with Crippen molar-refractivity contribution in [3.05, 3.63) is 17.0 Å². The summed E-state index contributed by atoms with van der Waals surface area (Å²) < 4.78 is 10.3. The second-order valence-corrected chi connectivity index (χ2v) is 4.15. The van der Waals surface area contributed by atoms with Gasteiger partial charge >= 0.3 is 0 Å². The van der Waals surface area contributed by atoms with Gasteiger partial charge in [-0.2, -0.15) is 0 Å². The van der Waals surface area contributed by atoms with Crippen LogP contribution in [0.5, 0.6) is 5.06 Å². The molecule has 0 aliphatic carbocycles. The molecule has 1 aliphatic heterocycles. The zero-order chi connectivity index (χ0) is 9.26. The van der Waals surface area contributed by atoms with E-state index in [1.54, 1.807) is 18.4 Å². The summed E-state index contributed by atoms with van der Waals surface area (Å²) in [7, 11) is 1.65. The van der Waals surface area contributed by atoms with Crippen LogP contribution in [0.3, 0.4) is 0 Å². The lowest BCUT2D eigenvalue weighted by Gasteiger charge is -2.08. The van der Waals surface area contributed by atoms with Crippen LogP contribution < -0.4 is 4.74 Å². The van der Waals surface area contributed by atoms with E-state index in [-0.39, 0.29) is 12.0 Å². The lowest BCUT2D eigenvalue weighted by atomic mass is 10.1. The molecule has 0 bridgehead atoms. The molecule has 3 nitrogen and oxygen atoms in total. The smallest absolute Gasteiger partial charge is 0.173 e. The van der Waals surface area contributed by atoms with E-state index in [1.165, 1.54) is 0 Å². The highest BCUT2D eigenvalue weighted by molar-refractivity contribution is 7.13. The van der Waals surface area contributed by atoms with Crippen LogP contribution in [0, 0.1) is 0 Å². The van der Waals surface area contributed by atoms with E-state index in [0.717, 1.165) is 9.94 Å². The Morgan fingerprint density at radius 3 is 2.92 bits per heavy atom. The summed E-state index contributed by atoms with van der Waals surface area (Å²) >= 11 is 1.57. The molecule has 0 radical (unpaired) electrons. The van der Waals surface area contributed by atoms with Crippen molar-refractivity contribution < 1.29 is 14.6 Å². The molecule has 2 atom stereocenters. The second kappa shape index (κ2) is 3.65. The molecular weight excluding hydrogens is 188 g/mol. The minimum atomic E-state index is -0.358.